The van der Waals surface area contributed by atoms with Gasteiger partial charge in [-0.2, -0.15) is 0 Å². The first kappa shape index (κ1) is 15.5. The molecule has 1 atom stereocenters. The van der Waals surface area contributed by atoms with E-state index in [9.17, 15) is 13.2 Å². The number of halogens is 3. The first-order valence-electron chi connectivity index (χ1n) is 6.59. The Balaban J connectivity index is 2.39. The molecular formula is C16H17F3N2. The van der Waals surface area contributed by atoms with E-state index < -0.39 is 23.5 Å². The lowest BCUT2D eigenvalue weighted by Gasteiger charge is -2.19. The summed E-state index contributed by atoms with van der Waals surface area (Å²) in [4.78, 5) is 0. The van der Waals surface area contributed by atoms with Crippen molar-refractivity contribution in [3.8, 4) is 0 Å². The first-order chi connectivity index (χ1) is 9.92. The molecule has 0 aromatic heterocycles. The summed E-state index contributed by atoms with van der Waals surface area (Å²) in [5.74, 6) is 2.60. The molecule has 3 N–H and O–H groups in total. The number of benzene rings is 2. The lowest BCUT2D eigenvalue weighted by molar-refractivity contribution is 0.461. The van der Waals surface area contributed by atoms with Crippen LogP contribution in [0.25, 0.3) is 0 Å². The minimum atomic E-state index is -0.948. The molecule has 0 bridgehead atoms. The monoisotopic (exact) mass is 294 g/mol. The minimum Gasteiger partial charge on any atom is -0.271 e. The molecule has 2 aromatic carbocycles. The summed E-state index contributed by atoms with van der Waals surface area (Å²) in [5, 5.41) is 0. The van der Waals surface area contributed by atoms with Crippen LogP contribution in [0, 0.1) is 31.3 Å². The molecule has 0 saturated carbocycles. The Morgan fingerprint density at radius 1 is 1.05 bits per heavy atom. The molecular weight excluding hydrogens is 277 g/mol. The number of hydrogen-bond donors (Lipinski definition) is 2. The number of aryl methyl sites for hydroxylation is 2. The van der Waals surface area contributed by atoms with Crippen molar-refractivity contribution in [1.29, 1.82) is 0 Å². The number of hydrogen-bond acceptors (Lipinski definition) is 2. The van der Waals surface area contributed by atoms with Gasteiger partial charge in [-0.05, 0) is 31.4 Å². The fraction of sp³-hybridized carbons (Fsp3) is 0.250. The third-order valence-corrected chi connectivity index (χ3v) is 3.52. The van der Waals surface area contributed by atoms with Gasteiger partial charge >= 0.3 is 0 Å². The number of hydrazine groups is 1. The SMILES string of the molecule is Cc1ccc(C)c(CC(NN)c2c(F)cc(F)cc2F)c1. The van der Waals surface area contributed by atoms with Gasteiger partial charge in [0.15, 0.2) is 0 Å². The van der Waals surface area contributed by atoms with Crippen LogP contribution < -0.4 is 11.3 Å². The highest BCUT2D eigenvalue weighted by molar-refractivity contribution is 5.33. The average Bonchev–Trinajstić information content (AvgIpc) is 2.40. The molecule has 2 nitrogen and oxygen atoms in total. The maximum atomic E-state index is 13.9. The van der Waals surface area contributed by atoms with Crippen molar-refractivity contribution in [2.75, 3.05) is 0 Å². The molecule has 2 aromatic rings. The summed E-state index contributed by atoms with van der Waals surface area (Å²) >= 11 is 0. The zero-order valence-electron chi connectivity index (χ0n) is 11.9. The van der Waals surface area contributed by atoms with Gasteiger partial charge < -0.3 is 0 Å². The minimum absolute atomic E-state index is 0.250. The van der Waals surface area contributed by atoms with E-state index in [0.29, 0.717) is 18.6 Å². The van der Waals surface area contributed by atoms with Gasteiger partial charge in [-0.3, -0.25) is 11.3 Å². The third-order valence-electron chi connectivity index (χ3n) is 3.52. The van der Waals surface area contributed by atoms with E-state index in [-0.39, 0.29) is 5.56 Å². The molecule has 0 fully saturated rings. The van der Waals surface area contributed by atoms with Crippen LogP contribution in [-0.2, 0) is 6.42 Å². The van der Waals surface area contributed by atoms with Crippen molar-refractivity contribution in [2.45, 2.75) is 26.3 Å². The lowest BCUT2D eigenvalue weighted by Crippen LogP contribution is -2.31. The molecule has 2 rings (SSSR count). The molecule has 0 spiro atoms. The second-order valence-corrected chi connectivity index (χ2v) is 5.14. The Labute approximate surface area is 121 Å². The maximum Gasteiger partial charge on any atom is 0.133 e. The Morgan fingerprint density at radius 2 is 1.67 bits per heavy atom. The molecule has 0 aliphatic carbocycles. The van der Waals surface area contributed by atoms with Crippen LogP contribution in [0.4, 0.5) is 13.2 Å². The lowest BCUT2D eigenvalue weighted by atomic mass is 9.94. The summed E-state index contributed by atoms with van der Waals surface area (Å²) in [6, 6.07) is 6.39. The van der Waals surface area contributed by atoms with E-state index >= 15 is 0 Å². The highest BCUT2D eigenvalue weighted by Crippen LogP contribution is 2.26. The topological polar surface area (TPSA) is 38.0 Å². The van der Waals surface area contributed by atoms with Crippen molar-refractivity contribution >= 4 is 0 Å². The van der Waals surface area contributed by atoms with Crippen LogP contribution in [-0.4, -0.2) is 0 Å². The van der Waals surface area contributed by atoms with Gasteiger partial charge in [0.05, 0.1) is 6.04 Å². The van der Waals surface area contributed by atoms with Gasteiger partial charge in [0.2, 0.25) is 0 Å². The van der Waals surface area contributed by atoms with E-state index in [1.54, 1.807) is 0 Å². The molecule has 21 heavy (non-hydrogen) atoms. The normalized spacial score (nSPS) is 12.5. The Kier molecular flexibility index (Phi) is 4.65. The number of rotatable bonds is 4. The second-order valence-electron chi connectivity index (χ2n) is 5.14. The second kappa shape index (κ2) is 6.28. The summed E-state index contributed by atoms with van der Waals surface area (Å²) in [6.07, 6.45) is 0.309. The van der Waals surface area contributed by atoms with Crippen LogP contribution in [0.15, 0.2) is 30.3 Å². The Hall–Kier alpha value is -1.85. The molecule has 5 heteroatoms. The van der Waals surface area contributed by atoms with Gasteiger partial charge in [0.1, 0.15) is 17.5 Å². The zero-order valence-corrected chi connectivity index (χ0v) is 11.9. The van der Waals surface area contributed by atoms with Crippen LogP contribution in [0.2, 0.25) is 0 Å². The van der Waals surface area contributed by atoms with Crippen LogP contribution in [0.5, 0.6) is 0 Å². The average molecular weight is 294 g/mol. The van der Waals surface area contributed by atoms with E-state index in [2.05, 4.69) is 5.43 Å². The van der Waals surface area contributed by atoms with Gasteiger partial charge in [0.25, 0.3) is 0 Å². The molecule has 0 heterocycles. The molecule has 112 valence electrons. The zero-order chi connectivity index (χ0) is 15.6. The van der Waals surface area contributed by atoms with Crippen LogP contribution >= 0.6 is 0 Å². The van der Waals surface area contributed by atoms with Gasteiger partial charge in [-0.15, -0.1) is 0 Å². The van der Waals surface area contributed by atoms with Gasteiger partial charge in [-0.1, -0.05) is 23.8 Å². The third kappa shape index (κ3) is 3.43. The molecule has 0 amide bonds. The standard InChI is InChI=1S/C16H17F3N2/c1-9-3-4-10(2)11(5-9)6-15(21-20)16-13(18)7-12(17)8-14(16)19/h3-5,7-8,15,21H,6,20H2,1-2H3. The van der Waals surface area contributed by atoms with Crippen molar-refractivity contribution < 1.29 is 13.2 Å². The van der Waals surface area contributed by atoms with Crippen LogP contribution in [0.3, 0.4) is 0 Å². The molecule has 0 radical (unpaired) electrons. The fourth-order valence-electron chi connectivity index (χ4n) is 2.37. The number of nitrogens with one attached hydrogen (secondary N) is 1. The smallest absolute Gasteiger partial charge is 0.133 e. The fourth-order valence-corrected chi connectivity index (χ4v) is 2.37. The summed E-state index contributed by atoms with van der Waals surface area (Å²) in [6.45, 7) is 3.85. The Morgan fingerprint density at radius 3 is 2.24 bits per heavy atom. The predicted molar refractivity (Wildman–Crippen MR) is 76.0 cm³/mol. The largest absolute Gasteiger partial charge is 0.271 e. The maximum absolute atomic E-state index is 13.9. The molecule has 0 aliphatic rings. The van der Waals surface area contributed by atoms with Crippen molar-refractivity contribution in [3.63, 3.8) is 0 Å². The predicted octanol–water partition coefficient (Wildman–Crippen LogP) is 3.47. The summed E-state index contributed by atoms with van der Waals surface area (Å²) < 4.78 is 40.7. The molecule has 0 aliphatic heterocycles. The Bertz CT molecular complexity index is 633. The van der Waals surface area contributed by atoms with Crippen molar-refractivity contribution in [2.24, 2.45) is 5.84 Å². The van der Waals surface area contributed by atoms with E-state index in [0.717, 1.165) is 16.7 Å². The van der Waals surface area contributed by atoms with Crippen molar-refractivity contribution in [3.05, 3.63) is 70.0 Å². The highest BCUT2D eigenvalue weighted by Gasteiger charge is 2.21. The summed E-state index contributed by atoms with van der Waals surface area (Å²) in [5.41, 5.74) is 5.14. The van der Waals surface area contributed by atoms with E-state index in [1.165, 1.54) is 0 Å². The van der Waals surface area contributed by atoms with Gasteiger partial charge in [-0.25, -0.2) is 13.2 Å². The van der Waals surface area contributed by atoms with E-state index in [4.69, 9.17) is 5.84 Å². The molecule has 1 unspecified atom stereocenters. The highest BCUT2D eigenvalue weighted by atomic mass is 19.1. The quantitative estimate of drug-likeness (QED) is 0.669. The molecule has 0 saturated heterocycles. The van der Waals surface area contributed by atoms with Gasteiger partial charge in [0, 0.05) is 17.7 Å². The number of nitrogens with two attached hydrogens (primary N) is 1. The first-order valence-corrected chi connectivity index (χ1v) is 6.59. The van der Waals surface area contributed by atoms with Crippen molar-refractivity contribution in [1.82, 2.24) is 5.43 Å². The summed E-state index contributed by atoms with van der Waals surface area (Å²) in [7, 11) is 0. The van der Waals surface area contributed by atoms with Crippen LogP contribution in [0.1, 0.15) is 28.3 Å². The van der Waals surface area contributed by atoms with E-state index in [1.807, 2.05) is 32.0 Å².